The number of allylic oxidation sites excluding steroid dienone is 2. The van der Waals surface area contributed by atoms with Gasteiger partial charge in [0.2, 0.25) is 8.77 Å². The van der Waals surface area contributed by atoms with Gasteiger partial charge in [0.25, 0.3) is 0 Å². The van der Waals surface area contributed by atoms with Crippen LogP contribution in [0.15, 0.2) is 20.6 Å². The number of rotatable bonds is 8. The van der Waals surface area contributed by atoms with Crippen molar-refractivity contribution in [2.75, 3.05) is 24.7 Å². The van der Waals surface area contributed by atoms with Gasteiger partial charge in [0.05, 0.1) is 33.9 Å². The van der Waals surface area contributed by atoms with Crippen molar-refractivity contribution in [2.45, 2.75) is 13.8 Å². The monoisotopic (exact) mass is 440 g/mol. The molecule has 0 aromatic heterocycles. The van der Waals surface area contributed by atoms with Crippen molar-refractivity contribution < 1.29 is 19.1 Å². The number of Topliss-reactive ketones (excluding diaryl/α,β-unsaturated/α-hetero) is 1. The lowest BCUT2D eigenvalue weighted by Gasteiger charge is -2.04. The van der Waals surface area contributed by atoms with Crippen LogP contribution in [0.3, 0.4) is 0 Å². The third-order valence-electron chi connectivity index (χ3n) is 2.22. The van der Waals surface area contributed by atoms with E-state index in [1.54, 1.807) is 5.41 Å². The third kappa shape index (κ3) is 8.91. The lowest BCUT2D eigenvalue weighted by atomic mass is 10.4. The molecule has 0 aliphatic carbocycles. The van der Waals surface area contributed by atoms with E-state index in [2.05, 4.69) is 0 Å². The minimum absolute atomic E-state index is 0.0256. The smallest absolute Gasteiger partial charge is 0.220 e. The van der Waals surface area contributed by atoms with Crippen LogP contribution in [0.2, 0.25) is 0 Å². The second-order valence-corrected chi connectivity index (χ2v) is 9.41. The van der Waals surface area contributed by atoms with Gasteiger partial charge in [0, 0.05) is 6.08 Å². The molecule has 0 atom stereocenters. The van der Waals surface area contributed by atoms with Crippen LogP contribution in [-0.2, 0) is 19.1 Å². The van der Waals surface area contributed by atoms with Crippen molar-refractivity contribution in [3.63, 3.8) is 0 Å². The van der Waals surface area contributed by atoms with Gasteiger partial charge in [-0.25, -0.2) is 0 Å². The topological polar surface area (TPSA) is 52.6 Å². The number of ether oxygens (including phenoxy) is 2. The van der Waals surface area contributed by atoms with Gasteiger partial charge >= 0.3 is 0 Å². The van der Waals surface area contributed by atoms with Gasteiger partial charge in [0.15, 0.2) is 11.6 Å². The molecular formula is C14H16O4S6. The average Bonchev–Trinajstić information content (AvgIpc) is 3.00. The molecule has 1 heterocycles. The molecule has 0 aromatic rings. The molecule has 0 fully saturated rings. The Morgan fingerprint density at radius 1 is 1.12 bits per heavy atom. The highest BCUT2D eigenvalue weighted by Gasteiger charge is 2.20. The summed E-state index contributed by atoms with van der Waals surface area (Å²) in [4.78, 5) is 24.6. The molecule has 0 radical (unpaired) electrons. The minimum Gasteiger partial charge on any atom is -0.479 e. The molecule has 0 saturated carbocycles. The Hall–Kier alpha value is -0.000000000000000111. The van der Waals surface area contributed by atoms with Crippen molar-refractivity contribution in [2.24, 2.45) is 0 Å². The van der Waals surface area contributed by atoms with Crippen LogP contribution < -0.4 is 0 Å². The molecule has 1 aliphatic heterocycles. The summed E-state index contributed by atoms with van der Waals surface area (Å²) in [5, 5.41) is 1.76. The molecule has 1 rings (SSSR count). The van der Waals surface area contributed by atoms with E-state index >= 15 is 0 Å². The molecule has 132 valence electrons. The zero-order valence-electron chi connectivity index (χ0n) is 13.1. The van der Waals surface area contributed by atoms with Crippen molar-refractivity contribution >= 4 is 91.8 Å². The molecule has 0 N–H and O–H groups in total. The summed E-state index contributed by atoms with van der Waals surface area (Å²) in [6, 6.07) is 0. The van der Waals surface area contributed by atoms with Crippen LogP contribution in [0.4, 0.5) is 0 Å². The van der Waals surface area contributed by atoms with E-state index in [1.165, 1.54) is 53.1 Å². The predicted octanol–water partition coefficient (Wildman–Crippen LogP) is 4.40. The fraction of sp³-hybridized carbons (Fsp3) is 0.429. The number of carbonyl (C=O) groups is 2. The van der Waals surface area contributed by atoms with E-state index in [0.717, 1.165) is 4.24 Å². The number of carbonyl (C=O) groups excluding carboxylic acids is 2. The standard InChI is InChI=1S/C14H16O4S6/c1-3-17-13(19)22-6-9(15)5-12-21-8-11(24-12)10(16)7-23-14(20)18-4-2/h5,8H,3-4,6-7H2,1-2H3/b12-5-. The summed E-state index contributed by atoms with van der Waals surface area (Å²) in [5.41, 5.74) is 0. The van der Waals surface area contributed by atoms with Gasteiger partial charge in [-0.2, -0.15) is 0 Å². The first-order valence-corrected chi connectivity index (χ1v) is 11.4. The first kappa shape index (κ1) is 22.0. The first-order valence-electron chi connectivity index (χ1n) is 6.87. The maximum absolute atomic E-state index is 12.1. The second-order valence-electron chi connectivity index (χ2n) is 4.00. The van der Waals surface area contributed by atoms with Crippen molar-refractivity contribution in [3.05, 3.63) is 20.6 Å². The number of thioether (sulfide) groups is 4. The van der Waals surface area contributed by atoms with E-state index in [1.807, 2.05) is 13.8 Å². The normalized spacial score (nSPS) is 15.1. The van der Waals surface area contributed by atoms with Gasteiger partial charge in [0.1, 0.15) is 0 Å². The van der Waals surface area contributed by atoms with Gasteiger partial charge in [-0.1, -0.05) is 47.0 Å². The van der Waals surface area contributed by atoms with Crippen molar-refractivity contribution in [1.82, 2.24) is 0 Å². The number of ketones is 2. The van der Waals surface area contributed by atoms with Crippen LogP contribution in [0, 0.1) is 0 Å². The molecule has 0 spiro atoms. The lowest BCUT2D eigenvalue weighted by Crippen LogP contribution is -2.06. The van der Waals surface area contributed by atoms with E-state index in [9.17, 15) is 9.59 Å². The van der Waals surface area contributed by atoms with Crippen LogP contribution in [0.1, 0.15) is 13.8 Å². The van der Waals surface area contributed by atoms with Gasteiger partial charge in [-0.05, 0) is 43.7 Å². The lowest BCUT2D eigenvalue weighted by molar-refractivity contribution is -0.113. The number of thiocarbonyl (C=S) groups is 2. The Morgan fingerprint density at radius 3 is 2.29 bits per heavy atom. The Morgan fingerprint density at radius 2 is 1.71 bits per heavy atom. The summed E-state index contributed by atoms with van der Waals surface area (Å²) < 4.78 is 11.8. The van der Waals surface area contributed by atoms with Gasteiger partial charge in [-0.3, -0.25) is 9.59 Å². The largest absolute Gasteiger partial charge is 0.479 e. The zero-order chi connectivity index (χ0) is 17.9. The Labute approximate surface area is 169 Å². The Balaban J connectivity index is 2.38. The number of hydrogen-bond acceptors (Lipinski definition) is 10. The Bertz CT molecular complexity index is 570. The molecule has 0 aromatic carbocycles. The third-order valence-corrected chi connectivity index (χ3v) is 6.99. The summed E-state index contributed by atoms with van der Waals surface area (Å²) in [6.07, 6.45) is 1.53. The van der Waals surface area contributed by atoms with Crippen LogP contribution in [0.25, 0.3) is 0 Å². The molecular weight excluding hydrogens is 425 g/mol. The highest BCUT2D eigenvalue weighted by Crippen LogP contribution is 2.44. The fourth-order valence-electron chi connectivity index (χ4n) is 1.27. The summed E-state index contributed by atoms with van der Waals surface area (Å²) in [5.74, 6) is 0.372. The fourth-order valence-corrected chi connectivity index (χ4v) is 5.19. The van der Waals surface area contributed by atoms with E-state index in [4.69, 9.17) is 33.9 Å². The maximum atomic E-state index is 12.1. The molecule has 0 amide bonds. The zero-order valence-corrected chi connectivity index (χ0v) is 18.0. The summed E-state index contributed by atoms with van der Waals surface area (Å²) in [7, 11) is 0. The summed E-state index contributed by atoms with van der Waals surface area (Å²) >= 11 is 15.0. The molecule has 0 saturated heterocycles. The molecule has 4 nitrogen and oxygen atoms in total. The second kappa shape index (κ2) is 12.4. The van der Waals surface area contributed by atoms with Crippen molar-refractivity contribution in [3.8, 4) is 0 Å². The van der Waals surface area contributed by atoms with Crippen LogP contribution in [-0.4, -0.2) is 45.1 Å². The molecule has 10 heteroatoms. The van der Waals surface area contributed by atoms with E-state index < -0.39 is 0 Å². The van der Waals surface area contributed by atoms with Crippen LogP contribution in [0.5, 0.6) is 0 Å². The SMILES string of the molecule is CCOC(=S)SCC(=O)/C=C1/SC=C(C(=O)CSC(=S)OCC)S1. The average molecular weight is 441 g/mol. The minimum atomic E-state index is -0.0638. The van der Waals surface area contributed by atoms with E-state index in [-0.39, 0.29) is 23.1 Å². The molecule has 0 unspecified atom stereocenters. The summed E-state index contributed by atoms with van der Waals surface area (Å²) in [6.45, 7) is 4.67. The molecule has 24 heavy (non-hydrogen) atoms. The quantitative estimate of drug-likeness (QED) is 0.401. The van der Waals surface area contributed by atoms with E-state index in [0.29, 0.717) is 26.9 Å². The highest BCUT2D eigenvalue weighted by molar-refractivity contribution is 8.28. The van der Waals surface area contributed by atoms with Gasteiger partial charge < -0.3 is 9.47 Å². The number of hydrogen-bond donors (Lipinski definition) is 0. The maximum Gasteiger partial charge on any atom is 0.220 e. The van der Waals surface area contributed by atoms with Crippen LogP contribution >= 0.6 is 71.5 Å². The first-order chi connectivity index (χ1) is 11.5. The Kier molecular flexibility index (Phi) is 11.4. The highest BCUT2D eigenvalue weighted by atomic mass is 32.2. The predicted molar refractivity (Wildman–Crippen MR) is 115 cm³/mol. The van der Waals surface area contributed by atoms with Gasteiger partial charge in [-0.15, -0.1) is 0 Å². The van der Waals surface area contributed by atoms with Crippen molar-refractivity contribution in [1.29, 1.82) is 0 Å². The molecule has 0 bridgehead atoms. The molecule has 1 aliphatic rings.